The number of hydrogen-bond donors (Lipinski definition) is 2. The Hall–Kier alpha value is 0.540. The van der Waals surface area contributed by atoms with Crippen LogP contribution in [-0.4, -0.2) is 65.8 Å². The van der Waals surface area contributed by atoms with Gasteiger partial charge in [-0.25, -0.2) is 0 Å². The minimum absolute atomic E-state index is 0.156. The Morgan fingerprint density at radius 1 is 1.29 bits per heavy atom. The summed E-state index contributed by atoms with van der Waals surface area (Å²) in [6.45, 7) is 2.09. The third-order valence-corrected chi connectivity index (χ3v) is 7.53. The molecule has 1 spiro atoms. The summed E-state index contributed by atoms with van der Waals surface area (Å²) in [6, 6.07) is 0.963. The van der Waals surface area contributed by atoms with E-state index in [2.05, 4.69) is 40.9 Å². The van der Waals surface area contributed by atoms with Gasteiger partial charge in [0.1, 0.15) is 0 Å². The van der Waals surface area contributed by atoms with Crippen molar-refractivity contribution in [3.63, 3.8) is 0 Å². The van der Waals surface area contributed by atoms with Crippen molar-refractivity contribution in [3.8, 4) is 0 Å². The van der Waals surface area contributed by atoms with Crippen molar-refractivity contribution in [2.24, 2.45) is 11.8 Å². The molecule has 3 N–H and O–H groups in total. The van der Waals surface area contributed by atoms with Crippen molar-refractivity contribution in [1.82, 2.24) is 10.3 Å². The van der Waals surface area contributed by atoms with Gasteiger partial charge in [-0.1, -0.05) is 0 Å². The van der Waals surface area contributed by atoms with Gasteiger partial charge in [-0.05, 0) is 50.2 Å². The zero-order chi connectivity index (χ0) is 14.7. The summed E-state index contributed by atoms with van der Waals surface area (Å²) in [5, 5.41) is 0. The van der Waals surface area contributed by atoms with Crippen molar-refractivity contribution in [3.05, 3.63) is 0 Å². The number of nitrogens with zero attached hydrogens (tertiary/aromatic N) is 1. The van der Waals surface area contributed by atoms with Crippen LogP contribution in [0, 0.1) is 5.92 Å². The predicted octanol–water partition coefficient (Wildman–Crippen LogP) is 1.56. The largest absolute Gasteiger partial charge is 0.375 e. The van der Waals surface area contributed by atoms with Gasteiger partial charge >= 0.3 is 0 Å². The quantitative estimate of drug-likeness (QED) is 0.605. The van der Waals surface area contributed by atoms with E-state index in [1.54, 1.807) is 0 Å². The average molecular weight is 332 g/mol. The summed E-state index contributed by atoms with van der Waals surface area (Å²) in [4.78, 5) is 2.50. The molecule has 3 aliphatic rings. The summed E-state index contributed by atoms with van der Waals surface area (Å²) >= 11 is 4.14. The first-order chi connectivity index (χ1) is 10.2. The second-order valence-corrected chi connectivity index (χ2v) is 9.09. The van der Waals surface area contributed by atoms with Gasteiger partial charge < -0.3 is 9.64 Å². The number of hydrogen-bond acceptors (Lipinski definition) is 6. The molecule has 3 aliphatic heterocycles. The van der Waals surface area contributed by atoms with Crippen LogP contribution in [0.1, 0.15) is 25.7 Å². The highest BCUT2D eigenvalue weighted by molar-refractivity contribution is 7.99. The first kappa shape index (κ1) is 16.4. The molecule has 3 heterocycles. The third-order valence-electron chi connectivity index (χ3n) is 5.49. The number of hydrazine groups is 1. The Morgan fingerprint density at radius 3 is 2.81 bits per heavy atom. The van der Waals surface area contributed by atoms with E-state index in [0.29, 0.717) is 18.0 Å². The Morgan fingerprint density at radius 2 is 2.10 bits per heavy atom. The smallest absolute Gasteiger partial charge is 0.0701 e. The fourth-order valence-electron chi connectivity index (χ4n) is 4.11. The highest BCUT2D eigenvalue weighted by Crippen LogP contribution is 2.41. The summed E-state index contributed by atoms with van der Waals surface area (Å²) in [5.74, 6) is 11.6. The molecule has 0 amide bonds. The van der Waals surface area contributed by atoms with Gasteiger partial charge in [0.05, 0.1) is 5.60 Å². The standard InChI is InChI=1S/C15H29N3OS2/c1-18-5-9-21-11-13(18)14(17-16)12-2-6-19-15(10-12)3-7-20-8-4-15/h12-14,17H,2-11,16H2,1H3. The molecule has 0 aromatic rings. The molecule has 3 atom stereocenters. The molecule has 0 aromatic heterocycles. The lowest BCUT2D eigenvalue weighted by molar-refractivity contribution is -0.110. The Balaban J connectivity index is 1.68. The topological polar surface area (TPSA) is 50.5 Å². The van der Waals surface area contributed by atoms with Crippen LogP contribution in [0.5, 0.6) is 0 Å². The fourth-order valence-corrected chi connectivity index (χ4v) is 6.63. The summed E-state index contributed by atoms with van der Waals surface area (Å²) in [6.07, 6.45) is 4.79. The molecular weight excluding hydrogens is 302 g/mol. The molecule has 122 valence electrons. The van der Waals surface area contributed by atoms with Gasteiger partial charge in [-0.2, -0.15) is 23.5 Å². The molecule has 3 saturated heterocycles. The van der Waals surface area contributed by atoms with E-state index in [9.17, 15) is 0 Å². The van der Waals surface area contributed by atoms with Crippen molar-refractivity contribution in [2.45, 2.75) is 43.4 Å². The molecule has 3 unspecified atom stereocenters. The molecule has 3 fully saturated rings. The number of rotatable bonds is 3. The Kier molecular flexibility index (Phi) is 5.78. The van der Waals surface area contributed by atoms with Gasteiger partial charge in [-0.3, -0.25) is 11.3 Å². The van der Waals surface area contributed by atoms with Crippen LogP contribution < -0.4 is 11.3 Å². The van der Waals surface area contributed by atoms with Crippen molar-refractivity contribution >= 4 is 23.5 Å². The van der Waals surface area contributed by atoms with Gasteiger partial charge in [0, 0.05) is 36.7 Å². The van der Waals surface area contributed by atoms with E-state index >= 15 is 0 Å². The lowest BCUT2D eigenvalue weighted by atomic mass is 9.77. The number of nitrogens with one attached hydrogen (secondary N) is 1. The zero-order valence-corrected chi connectivity index (χ0v) is 14.7. The number of ether oxygens (including phenoxy) is 1. The minimum atomic E-state index is 0.156. The maximum absolute atomic E-state index is 6.24. The molecule has 3 rings (SSSR count). The normalized spacial score (nSPS) is 35.7. The van der Waals surface area contributed by atoms with Crippen LogP contribution in [0.25, 0.3) is 0 Å². The average Bonchev–Trinajstić information content (AvgIpc) is 2.51. The van der Waals surface area contributed by atoms with Gasteiger partial charge in [0.2, 0.25) is 0 Å². The Bertz CT molecular complexity index is 333. The highest BCUT2D eigenvalue weighted by Gasteiger charge is 2.43. The van der Waals surface area contributed by atoms with Crippen LogP contribution in [0.2, 0.25) is 0 Å². The first-order valence-electron chi connectivity index (χ1n) is 8.20. The fraction of sp³-hybridized carbons (Fsp3) is 1.00. The van der Waals surface area contributed by atoms with E-state index in [4.69, 9.17) is 10.6 Å². The SMILES string of the molecule is CN1CCSCC1C(NN)C1CCOC2(CCSCC2)C1. The summed E-state index contributed by atoms with van der Waals surface area (Å²) in [5.41, 5.74) is 3.33. The van der Waals surface area contributed by atoms with Gasteiger partial charge in [0.25, 0.3) is 0 Å². The summed E-state index contributed by atoms with van der Waals surface area (Å²) in [7, 11) is 2.25. The van der Waals surface area contributed by atoms with Crippen LogP contribution in [0.15, 0.2) is 0 Å². The van der Waals surface area contributed by atoms with Crippen LogP contribution in [-0.2, 0) is 4.74 Å². The van der Waals surface area contributed by atoms with Crippen LogP contribution in [0.4, 0.5) is 0 Å². The molecule has 21 heavy (non-hydrogen) atoms. The maximum atomic E-state index is 6.24. The highest BCUT2D eigenvalue weighted by atomic mass is 32.2. The second-order valence-electron chi connectivity index (χ2n) is 6.71. The molecule has 4 nitrogen and oxygen atoms in total. The predicted molar refractivity (Wildman–Crippen MR) is 92.8 cm³/mol. The third kappa shape index (κ3) is 3.72. The first-order valence-corrected chi connectivity index (χ1v) is 10.5. The van der Waals surface area contributed by atoms with Crippen molar-refractivity contribution < 1.29 is 4.74 Å². The summed E-state index contributed by atoms with van der Waals surface area (Å²) < 4.78 is 6.24. The van der Waals surface area contributed by atoms with E-state index < -0.39 is 0 Å². The van der Waals surface area contributed by atoms with E-state index in [1.165, 1.54) is 48.8 Å². The maximum Gasteiger partial charge on any atom is 0.0701 e. The lowest BCUT2D eigenvalue weighted by Gasteiger charge is -2.48. The number of thioether (sulfide) groups is 2. The minimum Gasteiger partial charge on any atom is -0.375 e. The molecule has 0 bridgehead atoms. The lowest BCUT2D eigenvalue weighted by Crippen LogP contribution is -2.60. The van der Waals surface area contributed by atoms with Crippen molar-refractivity contribution in [1.29, 1.82) is 0 Å². The molecule has 0 aromatic carbocycles. The number of nitrogens with two attached hydrogens (primary N) is 1. The number of likely N-dealkylation sites (N-methyl/N-ethyl adjacent to an activating group) is 1. The van der Waals surface area contributed by atoms with Crippen LogP contribution >= 0.6 is 23.5 Å². The Labute approximate surface area is 137 Å². The molecule has 0 aliphatic carbocycles. The van der Waals surface area contributed by atoms with Crippen LogP contribution in [0.3, 0.4) is 0 Å². The van der Waals surface area contributed by atoms with Crippen molar-refractivity contribution in [2.75, 3.05) is 43.2 Å². The van der Waals surface area contributed by atoms with E-state index in [0.717, 1.165) is 13.0 Å². The zero-order valence-electron chi connectivity index (χ0n) is 13.1. The van der Waals surface area contributed by atoms with E-state index in [-0.39, 0.29) is 5.60 Å². The molecular formula is C15H29N3OS2. The molecule has 6 heteroatoms. The monoisotopic (exact) mass is 331 g/mol. The van der Waals surface area contributed by atoms with E-state index in [1.807, 2.05) is 0 Å². The molecule has 0 radical (unpaired) electrons. The van der Waals surface area contributed by atoms with Gasteiger partial charge in [0.15, 0.2) is 0 Å². The van der Waals surface area contributed by atoms with Gasteiger partial charge in [-0.15, -0.1) is 0 Å². The molecule has 0 saturated carbocycles. The second kappa shape index (κ2) is 7.41.